The molecule has 0 saturated heterocycles. The van der Waals surface area contributed by atoms with Crippen molar-refractivity contribution in [1.29, 1.82) is 0 Å². The molecule has 2 aromatic rings. The van der Waals surface area contributed by atoms with Crippen LogP contribution in [-0.2, 0) is 11.3 Å². The number of hydrogen-bond acceptors (Lipinski definition) is 1. The Morgan fingerprint density at radius 1 is 1.32 bits per heavy atom. The second-order valence-corrected chi connectivity index (χ2v) is 6.73. The molecule has 0 unspecified atom stereocenters. The second kappa shape index (κ2) is 6.27. The maximum atomic E-state index is 12.1. The van der Waals surface area contributed by atoms with Gasteiger partial charge in [0.15, 0.2) is 0 Å². The Balaban J connectivity index is 2.09. The Morgan fingerprint density at radius 2 is 2.14 bits per heavy atom. The van der Waals surface area contributed by atoms with Gasteiger partial charge in [0.2, 0.25) is 5.91 Å². The number of rotatable bonds is 2. The first-order valence-electron chi connectivity index (χ1n) is 7.03. The minimum Gasteiger partial charge on any atom is -0.334 e. The highest BCUT2D eigenvalue weighted by molar-refractivity contribution is 9.10. The summed E-state index contributed by atoms with van der Waals surface area (Å²) in [4.78, 5) is 13.9. The number of carbonyl (C=O) groups is 1. The molecule has 3 rings (SSSR count). The summed E-state index contributed by atoms with van der Waals surface area (Å²) in [5.41, 5.74) is 3.52. The molecule has 1 heterocycles. The second-order valence-electron chi connectivity index (χ2n) is 5.37. The average molecular weight is 377 g/mol. The van der Waals surface area contributed by atoms with Crippen LogP contribution in [0, 0.1) is 0 Å². The van der Waals surface area contributed by atoms with E-state index in [1.807, 2.05) is 29.2 Å². The van der Waals surface area contributed by atoms with Crippen molar-refractivity contribution in [3.05, 3.63) is 81.3 Å². The zero-order chi connectivity index (χ0) is 15.7. The molecular weight excluding hydrogens is 362 g/mol. The fourth-order valence-electron chi connectivity index (χ4n) is 2.93. The van der Waals surface area contributed by atoms with E-state index in [1.54, 1.807) is 0 Å². The lowest BCUT2D eigenvalue weighted by molar-refractivity contribution is -0.127. The van der Waals surface area contributed by atoms with Crippen LogP contribution in [0.1, 0.15) is 22.6 Å². The number of hydrogen-bond donors (Lipinski definition) is 0. The Morgan fingerprint density at radius 3 is 2.86 bits per heavy atom. The van der Waals surface area contributed by atoms with Crippen LogP contribution in [0.15, 0.2) is 59.6 Å². The van der Waals surface area contributed by atoms with E-state index in [1.165, 1.54) is 11.6 Å². The molecule has 0 aromatic heterocycles. The largest absolute Gasteiger partial charge is 0.334 e. The van der Waals surface area contributed by atoms with Crippen molar-refractivity contribution >= 4 is 33.4 Å². The molecule has 0 spiro atoms. The highest BCUT2D eigenvalue weighted by Gasteiger charge is 2.28. The molecular formula is C18H15BrClNO. The van der Waals surface area contributed by atoms with Crippen LogP contribution in [0.25, 0.3) is 0 Å². The summed E-state index contributed by atoms with van der Waals surface area (Å²) in [6.07, 6.45) is 1.37. The maximum Gasteiger partial charge on any atom is 0.246 e. The predicted octanol–water partition coefficient (Wildman–Crippen LogP) is 4.76. The van der Waals surface area contributed by atoms with E-state index in [4.69, 9.17) is 11.6 Å². The van der Waals surface area contributed by atoms with Crippen LogP contribution >= 0.6 is 27.5 Å². The van der Waals surface area contributed by atoms with Gasteiger partial charge < -0.3 is 4.90 Å². The molecule has 0 bridgehead atoms. The van der Waals surface area contributed by atoms with Crippen molar-refractivity contribution in [3.63, 3.8) is 0 Å². The van der Waals surface area contributed by atoms with Gasteiger partial charge in [-0.15, -0.1) is 0 Å². The third kappa shape index (κ3) is 2.96. The first-order chi connectivity index (χ1) is 10.6. The molecule has 2 aromatic carbocycles. The number of halogens is 2. The third-order valence-corrected chi connectivity index (χ3v) is 4.71. The van der Waals surface area contributed by atoms with E-state index in [-0.39, 0.29) is 11.8 Å². The van der Waals surface area contributed by atoms with Gasteiger partial charge in [0.05, 0.1) is 0 Å². The first kappa shape index (κ1) is 15.3. The van der Waals surface area contributed by atoms with Crippen LogP contribution in [0.5, 0.6) is 0 Å². The molecule has 1 aliphatic heterocycles. The Hall–Kier alpha value is -1.58. The number of nitrogens with zero attached hydrogens (tertiary/aromatic N) is 1. The van der Waals surface area contributed by atoms with E-state index in [0.29, 0.717) is 18.1 Å². The van der Waals surface area contributed by atoms with Gasteiger partial charge >= 0.3 is 0 Å². The molecule has 0 N–H and O–H groups in total. The van der Waals surface area contributed by atoms with Crippen molar-refractivity contribution in [2.75, 3.05) is 6.54 Å². The monoisotopic (exact) mass is 375 g/mol. The molecule has 0 radical (unpaired) electrons. The van der Waals surface area contributed by atoms with Crippen molar-refractivity contribution in [3.8, 4) is 0 Å². The van der Waals surface area contributed by atoms with Gasteiger partial charge in [-0.2, -0.15) is 0 Å². The quantitative estimate of drug-likeness (QED) is 0.692. The number of fused-ring (bicyclic) bond motifs is 1. The lowest BCUT2D eigenvalue weighted by Gasteiger charge is -2.34. The highest BCUT2D eigenvalue weighted by Crippen LogP contribution is 2.36. The van der Waals surface area contributed by atoms with Crippen LogP contribution in [0.3, 0.4) is 0 Å². The summed E-state index contributed by atoms with van der Waals surface area (Å²) in [5.74, 6) is 0.0736. The molecule has 2 nitrogen and oxygen atoms in total. The van der Waals surface area contributed by atoms with Gasteiger partial charge in [-0.05, 0) is 47.0 Å². The lowest BCUT2D eigenvalue weighted by atomic mass is 9.84. The van der Waals surface area contributed by atoms with Crippen molar-refractivity contribution in [2.45, 2.75) is 12.5 Å². The molecule has 22 heavy (non-hydrogen) atoms. The maximum absolute atomic E-state index is 12.1. The molecule has 4 heteroatoms. The van der Waals surface area contributed by atoms with E-state index in [2.05, 4.69) is 40.7 Å². The molecule has 1 aliphatic rings. The van der Waals surface area contributed by atoms with Gasteiger partial charge in [-0.1, -0.05) is 52.3 Å². The van der Waals surface area contributed by atoms with Crippen LogP contribution < -0.4 is 0 Å². The first-order valence-corrected chi connectivity index (χ1v) is 8.20. The average Bonchev–Trinajstić information content (AvgIpc) is 2.53. The number of amides is 1. The summed E-state index contributed by atoms with van der Waals surface area (Å²) in [7, 11) is 0. The summed E-state index contributed by atoms with van der Waals surface area (Å²) in [6.45, 7) is 4.85. The summed E-state index contributed by atoms with van der Waals surface area (Å²) in [6, 6.07) is 14.1. The van der Waals surface area contributed by atoms with E-state index < -0.39 is 0 Å². The van der Waals surface area contributed by atoms with Gasteiger partial charge in [-0.3, -0.25) is 4.79 Å². The lowest BCUT2D eigenvalue weighted by Crippen LogP contribution is -2.37. The van der Waals surface area contributed by atoms with Gasteiger partial charge in [-0.25, -0.2) is 0 Å². The normalized spacial score (nSPS) is 17.0. The minimum absolute atomic E-state index is 0.0411. The summed E-state index contributed by atoms with van der Waals surface area (Å²) < 4.78 is 1.04. The van der Waals surface area contributed by atoms with Crippen molar-refractivity contribution < 1.29 is 4.79 Å². The van der Waals surface area contributed by atoms with Crippen molar-refractivity contribution in [1.82, 2.24) is 4.90 Å². The number of benzene rings is 2. The Bertz CT molecular complexity index is 744. The summed E-state index contributed by atoms with van der Waals surface area (Å²) >= 11 is 9.68. The summed E-state index contributed by atoms with van der Waals surface area (Å²) in [5, 5.41) is 0.709. The van der Waals surface area contributed by atoms with Gasteiger partial charge in [0.25, 0.3) is 0 Å². The molecule has 0 saturated carbocycles. The smallest absolute Gasteiger partial charge is 0.246 e. The van der Waals surface area contributed by atoms with E-state index in [9.17, 15) is 4.79 Å². The zero-order valence-corrected chi connectivity index (χ0v) is 14.3. The predicted molar refractivity (Wildman–Crippen MR) is 93.1 cm³/mol. The van der Waals surface area contributed by atoms with E-state index in [0.717, 1.165) is 15.6 Å². The fraction of sp³-hybridized carbons (Fsp3) is 0.167. The Kier molecular flexibility index (Phi) is 4.37. The van der Waals surface area contributed by atoms with Crippen molar-refractivity contribution in [2.24, 2.45) is 0 Å². The molecule has 0 fully saturated rings. The number of carbonyl (C=O) groups excluding carboxylic acids is 1. The van der Waals surface area contributed by atoms with Crippen LogP contribution in [0.2, 0.25) is 5.02 Å². The third-order valence-electron chi connectivity index (χ3n) is 3.98. The topological polar surface area (TPSA) is 20.3 Å². The Labute approximate surface area is 143 Å². The molecule has 112 valence electrons. The molecule has 1 amide bonds. The van der Waals surface area contributed by atoms with Gasteiger partial charge in [0, 0.05) is 28.5 Å². The standard InChI is InChI=1S/C18H15BrClNO/c1-2-18(22)21-10-13-6-7-14(19)9-16(13)17(11-21)12-4-3-5-15(20)8-12/h2-9,17H,1,10-11H2/t17-/m1/s1. The van der Waals surface area contributed by atoms with Crippen LogP contribution in [-0.4, -0.2) is 17.4 Å². The highest BCUT2D eigenvalue weighted by atomic mass is 79.9. The minimum atomic E-state index is -0.0411. The molecule has 1 atom stereocenters. The van der Waals surface area contributed by atoms with Gasteiger partial charge in [0.1, 0.15) is 0 Å². The van der Waals surface area contributed by atoms with Crippen LogP contribution in [0.4, 0.5) is 0 Å². The molecule has 0 aliphatic carbocycles. The zero-order valence-electron chi connectivity index (χ0n) is 11.9. The fourth-order valence-corrected chi connectivity index (χ4v) is 3.51. The SMILES string of the molecule is C=CC(=O)N1Cc2ccc(Br)cc2[C@@H](c2cccc(Cl)c2)C1. The van der Waals surface area contributed by atoms with E-state index >= 15 is 0 Å².